The summed E-state index contributed by atoms with van der Waals surface area (Å²) in [5.41, 5.74) is 5.94. The Kier molecular flexibility index (Phi) is 6.89. The average molecular weight is 499 g/mol. The number of carbonyl (C=O) groups is 2. The molecule has 0 radical (unpaired) electrons. The number of carbonyl (C=O) groups excluding carboxylic acids is 2. The van der Waals surface area contributed by atoms with Gasteiger partial charge in [-0.1, -0.05) is 51.3 Å². The second-order valence-corrected chi connectivity index (χ2v) is 9.06. The van der Waals surface area contributed by atoms with E-state index in [0.717, 1.165) is 22.9 Å². The Hall–Kier alpha value is -1.60. The number of benzene rings is 2. The van der Waals surface area contributed by atoms with E-state index in [1.165, 1.54) is 4.90 Å². The molecule has 0 saturated carbocycles. The van der Waals surface area contributed by atoms with Crippen molar-refractivity contribution >= 4 is 56.8 Å². The van der Waals surface area contributed by atoms with Gasteiger partial charge in [-0.3, -0.25) is 4.79 Å². The van der Waals surface area contributed by atoms with Gasteiger partial charge in [0.15, 0.2) is 0 Å². The fourth-order valence-corrected chi connectivity index (χ4v) is 4.38. The molecule has 0 aliphatic carbocycles. The van der Waals surface area contributed by atoms with Crippen LogP contribution in [0.5, 0.6) is 0 Å². The lowest BCUT2D eigenvalue weighted by Gasteiger charge is -2.32. The third-order valence-electron chi connectivity index (χ3n) is 5.08. The van der Waals surface area contributed by atoms with Crippen LogP contribution in [-0.4, -0.2) is 35.5 Å². The van der Waals surface area contributed by atoms with Crippen LogP contribution in [0.2, 0.25) is 10.0 Å². The molecule has 0 bridgehead atoms. The SMILES string of the molecule is C[C@@]1(Cc2ccc(Br)cc2)C(=O)N(c2cc(Cl)cc(Cl)c2)C(=O)N1CCCCN. The number of hydrogen-bond donors (Lipinski definition) is 1. The normalized spacial score (nSPS) is 19.3. The molecule has 2 N–H and O–H groups in total. The summed E-state index contributed by atoms with van der Waals surface area (Å²) in [6.45, 7) is 2.79. The molecule has 1 aliphatic rings. The molecule has 2 aromatic rings. The van der Waals surface area contributed by atoms with Gasteiger partial charge < -0.3 is 10.6 Å². The summed E-state index contributed by atoms with van der Waals surface area (Å²) < 4.78 is 0.954. The van der Waals surface area contributed by atoms with Crippen LogP contribution in [0.4, 0.5) is 10.5 Å². The van der Waals surface area contributed by atoms with Crippen molar-refractivity contribution in [1.29, 1.82) is 0 Å². The van der Waals surface area contributed by atoms with Crippen LogP contribution in [-0.2, 0) is 11.2 Å². The van der Waals surface area contributed by atoms with Crippen LogP contribution in [0.15, 0.2) is 46.9 Å². The maximum absolute atomic E-state index is 13.5. The lowest BCUT2D eigenvalue weighted by Crippen LogP contribution is -2.49. The molecule has 1 atom stereocenters. The summed E-state index contributed by atoms with van der Waals surface area (Å²) in [6, 6.07) is 12.1. The van der Waals surface area contributed by atoms with Gasteiger partial charge in [-0.25, -0.2) is 9.69 Å². The highest BCUT2D eigenvalue weighted by Crippen LogP contribution is 2.37. The molecule has 0 unspecified atom stereocenters. The van der Waals surface area contributed by atoms with E-state index in [9.17, 15) is 9.59 Å². The van der Waals surface area contributed by atoms with Gasteiger partial charge in [0.25, 0.3) is 5.91 Å². The monoisotopic (exact) mass is 497 g/mol. The molecule has 1 aliphatic heterocycles. The predicted octanol–water partition coefficient (Wildman–Crippen LogP) is 5.26. The van der Waals surface area contributed by atoms with Gasteiger partial charge in [0.05, 0.1) is 5.69 Å². The summed E-state index contributed by atoms with van der Waals surface area (Å²) in [5.74, 6) is -0.295. The van der Waals surface area contributed by atoms with Crippen molar-refractivity contribution in [3.8, 4) is 0 Å². The highest BCUT2D eigenvalue weighted by molar-refractivity contribution is 9.10. The number of rotatable bonds is 7. The second-order valence-electron chi connectivity index (χ2n) is 7.28. The fraction of sp³-hybridized carbons (Fsp3) is 0.333. The Morgan fingerprint density at radius 1 is 1.03 bits per heavy atom. The zero-order chi connectivity index (χ0) is 21.2. The van der Waals surface area contributed by atoms with Gasteiger partial charge in [-0.05, 0) is 62.2 Å². The predicted molar refractivity (Wildman–Crippen MR) is 121 cm³/mol. The number of unbranched alkanes of at least 4 members (excludes halogenated alkanes) is 1. The Bertz CT molecular complexity index is 902. The molecule has 5 nitrogen and oxygen atoms in total. The van der Waals surface area contributed by atoms with Crippen molar-refractivity contribution in [3.05, 3.63) is 62.5 Å². The lowest BCUT2D eigenvalue weighted by molar-refractivity contribution is -0.124. The Labute approximate surface area is 188 Å². The van der Waals surface area contributed by atoms with Crippen LogP contribution < -0.4 is 10.6 Å². The molecule has 3 rings (SSSR count). The van der Waals surface area contributed by atoms with Crippen LogP contribution in [0.25, 0.3) is 0 Å². The highest BCUT2D eigenvalue weighted by Gasteiger charge is 2.54. The molecular formula is C21H22BrCl2N3O2. The number of anilines is 1. The number of nitrogens with zero attached hydrogens (tertiary/aromatic N) is 2. The zero-order valence-corrected chi connectivity index (χ0v) is 19.1. The van der Waals surface area contributed by atoms with E-state index in [1.807, 2.05) is 31.2 Å². The van der Waals surface area contributed by atoms with Gasteiger partial charge in [0, 0.05) is 27.5 Å². The fourth-order valence-electron chi connectivity index (χ4n) is 3.60. The van der Waals surface area contributed by atoms with Crippen LogP contribution in [0, 0.1) is 0 Å². The summed E-state index contributed by atoms with van der Waals surface area (Å²) in [6.07, 6.45) is 1.89. The zero-order valence-electron chi connectivity index (χ0n) is 16.0. The van der Waals surface area contributed by atoms with Gasteiger partial charge in [-0.15, -0.1) is 0 Å². The first kappa shape index (κ1) is 22.1. The minimum absolute atomic E-state index is 0.295. The van der Waals surface area contributed by atoms with Gasteiger partial charge in [0.1, 0.15) is 5.54 Å². The average Bonchev–Trinajstić information content (AvgIpc) is 2.83. The molecule has 1 heterocycles. The van der Waals surface area contributed by atoms with E-state index >= 15 is 0 Å². The molecule has 29 heavy (non-hydrogen) atoms. The topological polar surface area (TPSA) is 66.6 Å². The van der Waals surface area contributed by atoms with E-state index in [0.29, 0.717) is 35.2 Å². The van der Waals surface area contributed by atoms with Gasteiger partial charge in [-0.2, -0.15) is 0 Å². The van der Waals surface area contributed by atoms with E-state index in [1.54, 1.807) is 23.1 Å². The number of imide groups is 1. The third kappa shape index (κ3) is 4.61. The quantitative estimate of drug-likeness (QED) is 0.418. The summed E-state index contributed by atoms with van der Waals surface area (Å²) in [5, 5.41) is 0.730. The molecule has 2 aromatic carbocycles. The number of amides is 3. The minimum Gasteiger partial charge on any atom is -0.330 e. The highest BCUT2D eigenvalue weighted by atomic mass is 79.9. The molecule has 0 spiro atoms. The standard InChI is InChI=1S/C21H22BrCl2N3O2/c1-21(13-14-4-6-15(22)7-5-14)19(28)27(18-11-16(23)10-17(24)12-18)20(29)26(21)9-3-2-8-25/h4-7,10-12H,2-3,8-9,13,25H2,1H3/t21-/m1/s1. The van der Waals surface area contributed by atoms with Crippen molar-refractivity contribution < 1.29 is 9.59 Å². The van der Waals surface area contributed by atoms with Gasteiger partial charge in [0.2, 0.25) is 0 Å². The summed E-state index contributed by atoms with van der Waals surface area (Å²) in [4.78, 5) is 29.6. The number of hydrogen-bond acceptors (Lipinski definition) is 3. The number of nitrogens with two attached hydrogens (primary N) is 1. The van der Waals surface area contributed by atoms with Crippen molar-refractivity contribution in [2.75, 3.05) is 18.0 Å². The van der Waals surface area contributed by atoms with E-state index in [-0.39, 0.29) is 11.9 Å². The maximum atomic E-state index is 13.5. The summed E-state index contributed by atoms with van der Waals surface area (Å²) >= 11 is 15.6. The molecule has 8 heteroatoms. The molecule has 1 saturated heterocycles. The first-order valence-corrected chi connectivity index (χ1v) is 10.9. The number of urea groups is 1. The first-order chi connectivity index (χ1) is 13.8. The van der Waals surface area contributed by atoms with Crippen molar-refractivity contribution in [2.45, 2.75) is 31.7 Å². The largest absolute Gasteiger partial charge is 0.332 e. The second kappa shape index (κ2) is 9.04. The van der Waals surface area contributed by atoms with E-state index < -0.39 is 5.54 Å². The molecule has 1 fully saturated rings. The smallest absolute Gasteiger partial charge is 0.330 e. The van der Waals surface area contributed by atoms with Crippen LogP contribution in [0.1, 0.15) is 25.3 Å². The first-order valence-electron chi connectivity index (χ1n) is 9.33. The molecule has 3 amide bonds. The van der Waals surface area contributed by atoms with Crippen molar-refractivity contribution in [3.63, 3.8) is 0 Å². The van der Waals surface area contributed by atoms with E-state index in [2.05, 4.69) is 15.9 Å². The van der Waals surface area contributed by atoms with Gasteiger partial charge >= 0.3 is 6.03 Å². The molecule has 154 valence electrons. The van der Waals surface area contributed by atoms with Crippen LogP contribution in [0.3, 0.4) is 0 Å². The minimum atomic E-state index is -1.02. The lowest BCUT2D eigenvalue weighted by atomic mass is 9.91. The Morgan fingerprint density at radius 2 is 1.66 bits per heavy atom. The third-order valence-corrected chi connectivity index (χ3v) is 6.05. The molecular weight excluding hydrogens is 477 g/mol. The van der Waals surface area contributed by atoms with E-state index in [4.69, 9.17) is 28.9 Å². The van der Waals surface area contributed by atoms with Crippen molar-refractivity contribution in [2.24, 2.45) is 5.73 Å². The van der Waals surface area contributed by atoms with Crippen LogP contribution >= 0.6 is 39.1 Å². The molecule has 0 aromatic heterocycles. The Morgan fingerprint density at radius 3 is 2.24 bits per heavy atom. The maximum Gasteiger partial charge on any atom is 0.332 e. The Balaban J connectivity index is 1.99. The summed E-state index contributed by atoms with van der Waals surface area (Å²) in [7, 11) is 0. The van der Waals surface area contributed by atoms with Crippen molar-refractivity contribution in [1.82, 2.24) is 4.90 Å². The number of halogens is 3.